The maximum absolute atomic E-state index is 9.61. The molecular formula is C42H27N5. The SMILES string of the molecule is [C-]#[N+]c1cc2nc3c4ccccc4c4cc(-c5ccc(N(c6ccc(C)cc6)c6ccc(C)cc6)cc5)ccc4c3nc2cc1C#N. The molecule has 220 valence electrons. The van der Waals surface area contributed by atoms with Crippen LogP contribution in [0.5, 0.6) is 0 Å². The first-order chi connectivity index (χ1) is 23.0. The fraction of sp³-hybridized carbons (Fsp3) is 0.0476. The van der Waals surface area contributed by atoms with E-state index in [1.165, 1.54) is 11.1 Å². The van der Waals surface area contributed by atoms with E-state index < -0.39 is 0 Å². The van der Waals surface area contributed by atoms with Crippen molar-refractivity contribution in [2.24, 2.45) is 0 Å². The quantitative estimate of drug-likeness (QED) is 0.114. The smallest absolute Gasteiger partial charge is 0.206 e. The highest BCUT2D eigenvalue weighted by atomic mass is 15.1. The molecule has 7 aromatic carbocycles. The van der Waals surface area contributed by atoms with Crippen molar-refractivity contribution in [3.05, 3.63) is 156 Å². The maximum atomic E-state index is 9.61. The lowest BCUT2D eigenvalue weighted by molar-refractivity contribution is 1.27. The molecule has 1 aromatic heterocycles. The van der Waals surface area contributed by atoms with E-state index in [9.17, 15) is 5.26 Å². The number of rotatable bonds is 4. The van der Waals surface area contributed by atoms with Gasteiger partial charge in [-0.15, -0.1) is 0 Å². The Balaban J connectivity index is 1.27. The summed E-state index contributed by atoms with van der Waals surface area (Å²) in [6, 6.07) is 46.2. The van der Waals surface area contributed by atoms with Gasteiger partial charge in [-0.25, -0.2) is 14.8 Å². The fourth-order valence-electron chi connectivity index (χ4n) is 6.36. The van der Waals surface area contributed by atoms with Gasteiger partial charge in [-0.05, 0) is 90.3 Å². The lowest BCUT2D eigenvalue weighted by Crippen LogP contribution is -2.09. The molecule has 0 saturated heterocycles. The van der Waals surface area contributed by atoms with Crippen LogP contribution in [0, 0.1) is 31.8 Å². The Morgan fingerprint density at radius 1 is 0.574 bits per heavy atom. The van der Waals surface area contributed by atoms with Crippen LogP contribution >= 0.6 is 0 Å². The first-order valence-corrected chi connectivity index (χ1v) is 15.4. The van der Waals surface area contributed by atoms with E-state index in [2.05, 4.69) is 133 Å². The summed E-state index contributed by atoms with van der Waals surface area (Å²) in [5, 5.41) is 13.8. The fourth-order valence-corrected chi connectivity index (χ4v) is 6.36. The van der Waals surface area contributed by atoms with Gasteiger partial charge in [-0.3, -0.25) is 0 Å². The molecule has 0 unspecified atom stereocenters. The highest BCUT2D eigenvalue weighted by Crippen LogP contribution is 2.39. The van der Waals surface area contributed by atoms with Crippen molar-refractivity contribution < 1.29 is 0 Å². The van der Waals surface area contributed by atoms with E-state index in [-0.39, 0.29) is 5.69 Å². The van der Waals surface area contributed by atoms with Gasteiger partial charge in [0, 0.05) is 27.8 Å². The summed E-state index contributed by atoms with van der Waals surface area (Å²) in [5.41, 5.74) is 11.3. The van der Waals surface area contributed by atoms with Gasteiger partial charge >= 0.3 is 0 Å². The molecule has 0 fully saturated rings. The third-order valence-corrected chi connectivity index (χ3v) is 8.81. The zero-order chi connectivity index (χ0) is 32.1. The molecule has 0 aliphatic rings. The molecule has 5 heteroatoms. The highest BCUT2D eigenvalue weighted by Gasteiger charge is 2.16. The molecule has 0 aliphatic carbocycles. The van der Waals surface area contributed by atoms with Crippen LogP contribution in [0.25, 0.3) is 59.6 Å². The molecule has 0 aliphatic heterocycles. The average Bonchev–Trinajstić information content (AvgIpc) is 3.12. The molecular weight excluding hydrogens is 574 g/mol. The number of hydrogen-bond acceptors (Lipinski definition) is 4. The second kappa shape index (κ2) is 11.1. The Labute approximate surface area is 272 Å². The second-order valence-electron chi connectivity index (χ2n) is 11.9. The molecule has 0 bridgehead atoms. The predicted molar refractivity (Wildman–Crippen MR) is 193 cm³/mol. The van der Waals surface area contributed by atoms with Crippen LogP contribution in [0.1, 0.15) is 16.7 Å². The Hall–Kier alpha value is -6.56. The Morgan fingerprint density at radius 3 is 1.66 bits per heavy atom. The molecule has 0 atom stereocenters. The highest BCUT2D eigenvalue weighted by molar-refractivity contribution is 6.24. The minimum atomic E-state index is 0.287. The zero-order valence-electron chi connectivity index (χ0n) is 25.9. The van der Waals surface area contributed by atoms with Gasteiger partial charge in [0.2, 0.25) is 5.69 Å². The van der Waals surface area contributed by atoms with Crippen molar-refractivity contribution >= 4 is 66.4 Å². The summed E-state index contributed by atoms with van der Waals surface area (Å²) in [6.07, 6.45) is 0. The maximum Gasteiger partial charge on any atom is 0.206 e. The van der Waals surface area contributed by atoms with Crippen molar-refractivity contribution in [2.45, 2.75) is 13.8 Å². The average molecular weight is 602 g/mol. The number of nitrogens with zero attached hydrogens (tertiary/aromatic N) is 5. The van der Waals surface area contributed by atoms with E-state index in [1.54, 1.807) is 12.1 Å². The van der Waals surface area contributed by atoms with Crippen molar-refractivity contribution in [1.29, 1.82) is 5.26 Å². The van der Waals surface area contributed by atoms with E-state index >= 15 is 0 Å². The van der Waals surface area contributed by atoms with Crippen molar-refractivity contribution in [3.63, 3.8) is 0 Å². The first-order valence-electron chi connectivity index (χ1n) is 15.4. The van der Waals surface area contributed by atoms with Crippen molar-refractivity contribution in [1.82, 2.24) is 9.97 Å². The van der Waals surface area contributed by atoms with E-state index in [0.29, 0.717) is 16.6 Å². The predicted octanol–water partition coefficient (Wildman–Crippen LogP) is 11.3. The third-order valence-electron chi connectivity index (χ3n) is 8.81. The topological polar surface area (TPSA) is 57.2 Å². The number of hydrogen-bond donors (Lipinski definition) is 0. The molecule has 1 heterocycles. The summed E-state index contributed by atoms with van der Waals surface area (Å²) in [7, 11) is 0. The molecule has 0 saturated carbocycles. The summed E-state index contributed by atoms with van der Waals surface area (Å²) in [5.74, 6) is 0. The van der Waals surface area contributed by atoms with Gasteiger partial charge in [-0.1, -0.05) is 83.9 Å². The summed E-state index contributed by atoms with van der Waals surface area (Å²) in [6.45, 7) is 11.7. The first kappa shape index (κ1) is 28.0. The standard InChI is InChI=1S/C42H27N5/c1-26-8-15-31(16-9-26)47(32-17-10-27(2)11-18-32)33-19-12-28(13-20-33)29-14-21-36-37(22-29)34-6-4-5-7-35(34)41-42(36)45-39-23-30(25-43)38(44-3)24-40(39)46-41/h4-24H,1-2H3. The molecule has 0 spiro atoms. The molecule has 0 radical (unpaired) electrons. The van der Waals surface area contributed by atoms with Gasteiger partial charge < -0.3 is 4.90 Å². The van der Waals surface area contributed by atoms with Crippen LogP contribution in [0.2, 0.25) is 0 Å². The van der Waals surface area contributed by atoms with E-state index in [4.69, 9.17) is 16.5 Å². The summed E-state index contributed by atoms with van der Waals surface area (Å²) < 4.78 is 0. The molecule has 0 N–H and O–H groups in total. The lowest BCUT2D eigenvalue weighted by atomic mass is 9.95. The van der Waals surface area contributed by atoms with Gasteiger partial charge in [0.15, 0.2) is 0 Å². The second-order valence-corrected chi connectivity index (χ2v) is 11.9. The number of anilines is 3. The Kier molecular flexibility index (Phi) is 6.60. The Morgan fingerprint density at radius 2 is 1.09 bits per heavy atom. The molecule has 8 aromatic rings. The number of aromatic nitrogens is 2. The van der Waals surface area contributed by atoms with Crippen LogP contribution in [-0.2, 0) is 0 Å². The minimum Gasteiger partial charge on any atom is -0.311 e. The summed E-state index contributed by atoms with van der Waals surface area (Å²) >= 11 is 0. The van der Waals surface area contributed by atoms with Gasteiger partial charge in [0.1, 0.15) is 0 Å². The number of fused-ring (bicyclic) bond motifs is 7. The van der Waals surface area contributed by atoms with Crippen molar-refractivity contribution in [2.75, 3.05) is 4.90 Å². The zero-order valence-corrected chi connectivity index (χ0v) is 25.9. The van der Waals surface area contributed by atoms with E-state index in [1.807, 2.05) is 12.1 Å². The minimum absolute atomic E-state index is 0.287. The summed E-state index contributed by atoms with van der Waals surface area (Å²) in [4.78, 5) is 15.8. The molecule has 47 heavy (non-hydrogen) atoms. The van der Waals surface area contributed by atoms with Crippen LogP contribution in [0.4, 0.5) is 22.7 Å². The third kappa shape index (κ3) is 4.79. The Bertz CT molecular complexity index is 2540. The monoisotopic (exact) mass is 601 g/mol. The number of nitriles is 1. The van der Waals surface area contributed by atoms with E-state index in [0.717, 1.165) is 60.8 Å². The van der Waals surface area contributed by atoms with Crippen LogP contribution < -0.4 is 4.90 Å². The molecule has 8 rings (SSSR count). The van der Waals surface area contributed by atoms with Gasteiger partial charge in [-0.2, -0.15) is 5.26 Å². The van der Waals surface area contributed by atoms with Gasteiger partial charge in [0.05, 0.1) is 40.3 Å². The molecule has 0 amide bonds. The largest absolute Gasteiger partial charge is 0.311 e. The normalized spacial score (nSPS) is 11.1. The molecule has 5 nitrogen and oxygen atoms in total. The van der Waals surface area contributed by atoms with Crippen LogP contribution in [0.15, 0.2) is 127 Å². The lowest BCUT2D eigenvalue weighted by Gasteiger charge is -2.26. The number of aryl methyl sites for hydroxylation is 2. The van der Waals surface area contributed by atoms with Crippen molar-refractivity contribution in [3.8, 4) is 17.2 Å². The van der Waals surface area contributed by atoms with Crippen LogP contribution in [-0.4, -0.2) is 9.97 Å². The van der Waals surface area contributed by atoms with Gasteiger partial charge in [0.25, 0.3) is 0 Å². The number of benzene rings is 7. The van der Waals surface area contributed by atoms with Crippen LogP contribution in [0.3, 0.4) is 0 Å².